The van der Waals surface area contributed by atoms with Crippen LogP contribution in [0.15, 0.2) is 66.7 Å². The number of halogens is 2. The van der Waals surface area contributed by atoms with Crippen LogP contribution >= 0.6 is 0 Å². The molecule has 3 N–H and O–H groups in total. The second-order valence-electron chi connectivity index (χ2n) is 9.93. The predicted octanol–water partition coefficient (Wildman–Crippen LogP) is 3.44. The molecular weight excluding hydrogens is 532 g/mol. The lowest BCUT2D eigenvalue weighted by atomic mass is 10.0. The Hall–Kier alpha value is -4.15. The maximum absolute atomic E-state index is 13.8. The molecule has 10 heteroatoms. The van der Waals surface area contributed by atoms with Crippen molar-refractivity contribution in [3.8, 4) is 5.75 Å². The van der Waals surface area contributed by atoms with Crippen LogP contribution in [0, 0.1) is 11.6 Å². The van der Waals surface area contributed by atoms with Gasteiger partial charge in [0.1, 0.15) is 17.4 Å². The largest absolute Gasteiger partial charge is 0.484 e. The number of hydrogen-bond donors (Lipinski definition) is 3. The number of carbonyl (C=O) groups is 3. The molecule has 1 heterocycles. The van der Waals surface area contributed by atoms with Crippen molar-refractivity contribution in [3.63, 3.8) is 0 Å². The zero-order valence-electron chi connectivity index (χ0n) is 22.7. The summed E-state index contributed by atoms with van der Waals surface area (Å²) in [7, 11) is 0. The van der Waals surface area contributed by atoms with Gasteiger partial charge in [0, 0.05) is 32.0 Å². The Morgan fingerprint density at radius 1 is 0.951 bits per heavy atom. The van der Waals surface area contributed by atoms with Gasteiger partial charge >= 0.3 is 0 Å². The molecule has 0 spiro atoms. The van der Waals surface area contributed by atoms with Crippen LogP contribution in [0.5, 0.6) is 5.75 Å². The average Bonchev–Trinajstić information content (AvgIpc) is 3.28. The first-order valence-electron chi connectivity index (χ1n) is 13.5. The smallest absolute Gasteiger partial charge is 0.258 e. The first kappa shape index (κ1) is 29.8. The van der Waals surface area contributed by atoms with Crippen LogP contribution in [0.25, 0.3) is 0 Å². The van der Waals surface area contributed by atoms with E-state index in [1.165, 1.54) is 5.56 Å². The van der Waals surface area contributed by atoms with E-state index in [2.05, 4.69) is 23.6 Å². The van der Waals surface area contributed by atoms with Gasteiger partial charge in [-0.2, -0.15) is 0 Å². The molecule has 1 fully saturated rings. The number of benzene rings is 3. The minimum absolute atomic E-state index is 0.0127. The molecule has 3 aromatic carbocycles. The fourth-order valence-electron chi connectivity index (χ4n) is 4.69. The maximum atomic E-state index is 13.8. The number of hydrogen-bond acceptors (Lipinski definition) is 6. The fourth-order valence-corrected chi connectivity index (χ4v) is 4.69. The SMILES string of the molecule is CCc1cccc(CNCC(O)C(Cc2cc(F)cc(F)c2)NC(=O)COc2ccc(N3C(=O)CCC3=O)cc2)c1. The number of imide groups is 1. The van der Waals surface area contributed by atoms with Gasteiger partial charge in [0.25, 0.3) is 5.91 Å². The number of aliphatic hydroxyl groups is 1. The van der Waals surface area contributed by atoms with E-state index in [9.17, 15) is 28.3 Å². The number of nitrogens with one attached hydrogen (secondary N) is 2. The number of aliphatic hydroxyl groups excluding tert-OH is 1. The first-order valence-corrected chi connectivity index (χ1v) is 13.5. The summed E-state index contributed by atoms with van der Waals surface area (Å²) in [5, 5.41) is 16.8. The Morgan fingerprint density at radius 3 is 2.27 bits per heavy atom. The third kappa shape index (κ3) is 8.42. The summed E-state index contributed by atoms with van der Waals surface area (Å²) in [5.74, 6) is -2.25. The van der Waals surface area contributed by atoms with E-state index in [1.54, 1.807) is 24.3 Å². The van der Waals surface area contributed by atoms with Crippen molar-refractivity contribution < 1.29 is 33.0 Å². The number of ether oxygens (including phenoxy) is 1. The van der Waals surface area contributed by atoms with Crippen molar-refractivity contribution >= 4 is 23.4 Å². The minimum Gasteiger partial charge on any atom is -0.484 e. The van der Waals surface area contributed by atoms with Gasteiger partial charge in [0.15, 0.2) is 6.61 Å². The molecule has 1 saturated heterocycles. The van der Waals surface area contributed by atoms with E-state index in [1.807, 2.05) is 18.2 Å². The van der Waals surface area contributed by atoms with Gasteiger partial charge in [0.2, 0.25) is 11.8 Å². The molecule has 0 saturated carbocycles. The van der Waals surface area contributed by atoms with Gasteiger partial charge in [-0.3, -0.25) is 19.3 Å². The normalized spacial score (nSPS) is 14.7. The summed E-state index contributed by atoms with van der Waals surface area (Å²) < 4.78 is 33.2. The Labute approximate surface area is 237 Å². The molecule has 1 aliphatic rings. The standard InChI is InChI=1S/C31H33F2N3O5/c1-2-20-4-3-5-21(12-20)17-34-18-28(37)27(15-22-13-23(32)16-24(33)14-22)35-29(38)19-41-26-8-6-25(7-9-26)36-30(39)10-11-31(36)40/h3-9,12-14,16,27-28,34,37H,2,10-11,15,17-19H2,1H3,(H,35,38). The third-order valence-corrected chi connectivity index (χ3v) is 6.79. The maximum Gasteiger partial charge on any atom is 0.258 e. The van der Waals surface area contributed by atoms with Gasteiger partial charge in [-0.25, -0.2) is 8.78 Å². The van der Waals surface area contributed by atoms with Crippen molar-refractivity contribution in [1.82, 2.24) is 10.6 Å². The molecule has 216 valence electrons. The molecule has 2 atom stereocenters. The summed E-state index contributed by atoms with van der Waals surface area (Å²) in [6.07, 6.45) is 0.164. The van der Waals surface area contributed by atoms with Crippen LogP contribution in [0.3, 0.4) is 0 Å². The summed E-state index contributed by atoms with van der Waals surface area (Å²) in [4.78, 5) is 37.7. The van der Waals surface area contributed by atoms with Gasteiger partial charge in [-0.1, -0.05) is 31.2 Å². The van der Waals surface area contributed by atoms with Crippen LogP contribution in [-0.4, -0.2) is 48.1 Å². The van der Waals surface area contributed by atoms with Crippen molar-refractivity contribution in [2.24, 2.45) is 0 Å². The molecule has 2 unspecified atom stereocenters. The number of nitrogens with zero attached hydrogens (tertiary/aromatic N) is 1. The fraction of sp³-hybridized carbons (Fsp3) is 0.323. The minimum atomic E-state index is -1.07. The van der Waals surface area contributed by atoms with Gasteiger partial charge in [0.05, 0.1) is 17.8 Å². The number of aryl methyl sites for hydroxylation is 1. The van der Waals surface area contributed by atoms with E-state index >= 15 is 0 Å². The second-order valence-corrected chi connectivity index (χ2v) is 9.93. The number of anilines is 1. The third-order valence-electron chi connectivity index (χ3n) is 6.79. The average molecular weight is 566 g/mol. The van der Waals surface area contributed by atoms with E-state index < -0.39 is 29.7 Å². The Bertz CT molecular complexity index is 1350. The second kappa shape index (κ2) is 14.0. The number of rotatable bonds is 13. The molecular formula is C31H33F2N3O5. The Morgan fingerprint density at radius 2 is 1.61 bits per heavy atom. The summed E-state index contributed by atoms with van der Waals surface area (Å²) in [6.45, 7) is 2.29. The predicted molar refractivity (Wildman–Crippen MR) is 149 cm³/mol. The first-order chi connectivity index (χ1) is 19.7. The molecule has 4 rings (SSSR count). The van der Waals surface area contributed by atoms with E-state index in [4.69, 9.17) is 4.74 Å². The molecule has 3 aromatic rings. The Kier molecular flexibility index (Phi) is 10.2. The van der Waals surface area contributed by atoms with E-state index in [0.717, 1.165) is 35.1 Å². The highest BCUT2D eigenvalue weighted by molar-refractivity contribution is 6.19. The van der Waals surface area contributed by atoms with Crippen LogP contribution in [0.2, 0.25) is 0 Å². The van der Waals surface area contributed by atoms with Crippen molar-refractivity contribution in [2.45, 2.75) is 51.3 Å². The van der Waals surface area contributed by atoms with Gasteiger partial charge in [-0.05, 0) is 65.9 Å². The van der Waals surface area contributed by atoms with Crippen molar-refractivity contribution in [1.29, 1.82) is 0 Å². The van der Waals surface area contributed by atoms with Gasteiger partial charge < -0.3 is 20.5 Å². The highest BCUT2D eigenvalue weighted by Crippen LogP contribution is 2.25. The molecule has 0 bridgehead atoms. The lowest BCUT2D eigenvalue weighted by Crippen LogP contribution is -2.49. The molecule has 41 heavy (non-hydrogen) atoms. The highest BCUT2D eigenvalue weighted by Gasteiger charge is 2.30. The van der Waals surface area contributed by atoms with Crippen molar-refractivity contribution in [3.05, 3.63) is 95.1 Å². The van der Waals surface area contributed by atoms with Gasteiger partial charge in [-0.15, -0.1) is 0 Å². The molecule has 0 aromatic heterocycles. The highest BCUT2D eigenvalue weighted by atomic mass is 19.1. The number of carbonyl (C=O) groups excluding carboxylic acids is 3. The lowest BCUT2D eigenvalue weighted by Gasteiger charge is -2.25. The summed E-state index contributed by atoms with van der Waals surface area (Å²) in [5.41, 5.74) is 2.94. The molecule has 0 aliphatic carbocycles. The van der Waals surface area contributed by atoms with Crippen LogP contribution < -0.4 is 20.3 Å². The monoisotopic (exact) mass is 565 g/mol. The number of amides is 3. The summed E-state index contributed by atoms with van der Waals surface area (Å²) in [6, 6.07) is 16.5. The summed E-state index contributed by atoms with van der Waals surface area (Å²) >= 11 is 0. The van der Waals surface area contributed by atoms with Crippen LogP contribution in [-0.2, 0) is 33.8 Å². The quantitative estimate of drug-likeness (QED) is 0.274. The van der Waals surface area contributed by atoms with Crippen molar-refractivity contribution in [2.75, 3.05) is 18.1 Å². The topological polar surface area (TPSA) is 108 Å². The molecule has 8 nitrogen and oxygen atoms in total. The Balaban J connectivity index is 1.36. The zero-order valence-corrected chi connectivity index (χ0v) is 22.7. The van der Waals surface area contributed by atoms with E-state index in [0.29, 0.717) is 18.0 Å². The molecule has 1 aliphatic heterocycles. The van der Waals surface area contributed by atoms with Crippen LogP contribution in [0.1, 0.15) is 36.5 Å². The molecule has 3 amide bonds. The van der Waals surface area contributed by atoms with E-state index in [-0.39, 0.29) is 49.8 Å². The lowest BCUT2D eigenvalue weighted by molar-refractivity contribution is -0.124. The zero-order chi connectivity index (χ0) is 29.4. The molecule has 0 radical (unpaired) electrons. The van der Waals surface area contributed by atoms with Crippen LogP contribution in [0.4, 0.5) is 14.5 Å².